The fraction of sp³-hybridized carbons (Fsp3) is 0.638. The highest BCUT2D eigenvalue weighted by Crippen LogP contribution is 2.29. The van der Waals surface area contributed by atoms with Crippen molar-refractivity contribution in [2.75, 3.05) is 27.7 Å². The lowest BCUT2D eigenvalue weighted by atomic mass is 9.93. The molecular formula is C58H88N8O11. The highest BCUT2D eigenvalue weighted by atomic mass is 16.6. The maximum Gasteiger partial charge on any atom is 0.329 e. The molecule has 2 aliphatic rings. The molecule has 2 fully saturated rings. The lowest BCUT2D eigenvalue weighted by molar-refractivity contribution is -0.167. The second-order valence-corrected chi connectivity index (χ2v) is 22.9. The van der Waals surface area contributed by atoms with Gasteiger partial charge in [0.2, 0.25) is 41.4 Å². The van der Waals surface area contributed by atoms with Gasteiger partial charge in [0.15, 0.2) is 6.10 Å². The molecule has 19 nitrogen and oxygen atoms in total. The lowest BCUT2D eigenvalue weighted by Gasteiger charge is -2.38. The van der Waals surface area contributed by atoms with E-state index in [1.54, 1.807) is 123 Å². The molecule has 0 bridgehead atoms. The van der Waals surface area contributed by atoms with Gasteiger partial charge >= 0.3 is 5.97 Å². The van der Waals surface area contributed by atoms with E-state index in [1.807, 2.05) is 20.8 Å². The van der Waals surface area contributed by atoms with Crippen LogP contribution >= 0.6 is 0 Å². The van der Waals surface area contributed by atoms with Gasteiger partial charge in [-0.25, -0.2) is 4.79 Å². The monoisotopic (exact) mass is 1070 g/mol. The number of hydrogen-bond acceptors (Lipinski definition) is 11. The summed E-state index contributed by atoms with van der Waals surface area (Å²) < 4.78 is 6.00. The Morgan fingerprint density at radius 3 is 1.61 bits per heavy atom. The molecule has 426 valence electrons. The van der Waals surface area contributed by atoms with Crippen LogP contribution in [0.4, 0.5) is 0 Å². The molecule has 77 heavy (non-hydrogen) atoms. The summed E-state index contributed by atoms with van der Waals surface area (Å²) in [6.07, 6.45) is -1.98. The van der Waals surface area contributed by atoms with Crippen LogP contribution in [0.1, 0.15) is 126 Å². The van der Waals surface area contributed by atoms with Gasteiger partial charge < -0.3 is 50.7 Å². The Kier molecular flexibility index (Phi) is 23.2. The third-order valence-corrected chi connectivity index (χ3v) is 15.0. The van der Waals surface area contributed by atoms with Gasteiger partial charge in [-0.1, -0.05) is 150 Å². The molecule has 2 aromatic rings. The van der Waals surface area contributed by atoms with Crippen molar-refractivity contribution in [3.05, 3.63) is 71.8 Å². The van der Waals surface area contributed by atoms with Gasteiger partial charge in [0.05, 0.1) is 0 Å². The van der Waals surface area contributed by atoms with E-state index in [1.165, 1.54) is 35.8 Å². The first-order valence-corrected chi connectivity index (χ1v) is 27.4. The average molecular weight is 1070 g/mol. The number of cyclic esters (lactones) is 1. The Morgan fingerprint density at radius 1 is 0.558 bits per heavy atom. The molecule has 2 saturated heterocycles. The SMILES string of the molecule is CC[C@@H](C)[C@@H]1C(=O)N[C@@H](CC(C)C)C(=O)N(C)[C@@H](C(C)C)C(=O)O[C@H](C(C)C)C(=O)N[C@@H](C(C)C)C(=O)N[C@H](Cc2ccccc2)C(=O)N(C)[C@H]([C@H](O)c2ccccc2)C(=O)N2CCC[C@H]2C(=O)N[C@H](C(C)C)C(=O)N1C. The number of carbonyl (C=O) groups excluding carboxylic acids is 9. The largest absolute Gasteiger partial charge is 0.450 e. The van der Waals surface area contributed by atoms with E-state index in [4.69, 9.17) is 4.74 Å². The van der Waals surface area contributed by atoms with E-state index < -0.39 is 143 Å². The predicted molar refractivity (Wildman–Crippen MR) is 292 cm³/mol. The molecule has 5 N–H and O–H groups in total. The minimum Gasteiger partial charge on any atom is -0.450 e. The molecular weight excluding hydrogens is 985 g/mol. The number of fused-ring (bicyclic) bond motifs is 1. The van der Waals surface area contributed by atoms with E-state index in [0.29, 0.717) is 24.0 Å². The number of nitrogens with one attached hydrogen (secondary N) is 4. The highest BCUT2D eigenvalue weighted by molar-refractivity contribution is 5.99. The number of likely N-dealkylation sites (N-methyl/N-ethyl adjacent to an activating group) is 3. The van der Waals surface area contributed by atoms with E-state index in [-0.39, 0.29) is 31.7 Å². The standard InChI is InChI=1S/C58H88N8O11/c1-16-37(12)46-52(70)60-40(30-32(2)3)54(72)63(13)45(35(8)9)58(76)77-49(36(10)11)53(71)61-43(33(4)5)51(69)59-41(31-38-24-19-17-20-25-38)55(73)65(15)47(48(67)39-26-21-18-22-27-39)57(75)66-29-23-28-42(66)50(68)62-44(34(6)7)56(74)64(46)14/h17-22,24-27,32-37,40-49,67H,16,23,28-31H2,1-15H3,(H,59,69)(H,60,70)(H,61,71)(H,62,68)/t37-,40+,41-,42+,43+,44-,45+,46-,47-,48-,49-/m1/s1. The summed E-state index contributed by atoms with van der Waals surface area (Å²) in [5, 5.41) is 23.6. The molecule has 0 unspecified atom stereocenters. The molecule has 0 aliphatic carbocycles. The zero-order valence-corrected chi connectivity index (χ0v) is 48.1. The van der Waals surface area contributed by atoms with Crippen molar-refractivity contribution in [1.82, 2.24) is 40.9 Å². The van der Waals surface area contributed by atoms with Gasteiger partial charge in [0.1, 0.15) is 54.4 Å². The number of aliphatic hydroxyl groups excluding tert-OH is 1. The Labute approximate surface area is 456 Å². The Morgan fingerprint density at radius 2 is 1.08 bits per heavy atom. The first kappa shape index (κ1) is 63.2. The van der Waals surface area contributed by atoms with Crippen LogP contribution < -0.4 is 21.3 Å². The van der Waals surface area contributed by atoms with Crippen molar-refractivity contribution < 1.29 is 53.0 Å². The molecule has 2 aromatic carbocycles. The second kappa shape index (κ2) is 28.3. The summed E-state index contributed by atoms with van der Waals surface area (Å²) in [7, 11) is 4.25. The lowest BCUT2D eigenvalue weighted by Crippen LogP contribution is -2.62. The van der Waals surface area contributed by atoms with Crippen LogP contribution in [0.15, 0.2) is 60.7 Å². The summed E-state index contributed by atoms with van der Waals surface area (Å²) in [6.45, 7) is 21.1. The number of ether oxygens (including phenoxy) is 1. The molecule has 8 amide bonds. The number of benzene rings is 2. The highest BCUT2D eigenvalue weighted by Gasteiger charge is 2.47. The van der Waals surface area contributed by atoms with Crippen molar-refractivity contribution in [1.29, 1.82) is 0 Å². The third kappa shape index (κ3) is 15.9. The number of hydrogen-bond donors (Lipinski definition) is 5. The maximum atomic E-state index is 15.2. The Hall–Kier alpha value is -6.37. The molecule has 19 heteroatoms. The summed E-state index contributed by atoms with van der Waals surface area (Å²) in [4.78, 5) is 138. The molecule has 0 spiro atoms. The van der Waals surface area contributed by atoms with E-state index in [0.717, 1.165) is 4.90 Å². The molecule has 11 atom stereocenters. The fourth-order valence-electron chi connectivity index (χ4n) is 10.3. The van der Waals surface area contributed by atoms with Gasteiger partial charge in [0, 0.05) is 34.1 Å². The van der Waals surface area contributed by atoms with Crippen LogP contribution in [0, 0.1) is 35.5 Å². The minimum atomic E-state index is -1.64. The second-order valence-electron chi connectivity index (χ2n) is 22.9. The van der Waals surface area contributed by atoms with Crippen molar-refractivity contribution >= 4 is 53.2 Å². The van der Waals surface area contributed by atoms with Gasteiger partial charge in [-0.2, -0.15) is 0 Å². The molecule has 0 saturated carbocycles. The predicted octanol–water partition coefficient (Wildman–Crippen LogP) is 4.02. The number of nitrogens with zero attached hydrogens (tertiary/aromatic N) is 4. The van der Waals surface area contributed by atoms with Gasteiger partial charge in [-0.05, 0) is 65.9 Å². The smallest absolute Gasteiger partial charge is 0.329 e. The number of esters is 1. The van der Waals surface area contributed by atoms with Crippen molar-refractivity contribution in [3.63, 3.8) is 0 Å². The number of rotatable bonds is 12. The third-order valence-electron chi connectivity index (χ3n) is 15.0. The Balaban J connectivity index is 1.94. The van der Waals surface area contributed by atoms with Gasteiger partial charge in [0.25, 0.3) is 5.91 Å². The van der Waals surface area contributed by atoms with Crippen LogP contribution in [0.25, 0.3) is 0 Å². The molecule has 0 radical (unpaired) electrons. The first-order valence-electron chi connectivity index (χ1n) is 27.4. The van der Waals surface area contributed by atoms with E-state index in [2.05, 4.69) is 21.3 Å². The normalized spacial score (nSPS) is 26.7. The van der Waals surface area contributed by atoms with E-state index >= 15 is 9.59 Å². The summed E-state index contributed by atoms with van der Waals surface area (Å²) in [5.74, 6) is -9.32. The van der Waals surface area contributed by atoms with Gasteiger partial charge in [-0.15, -0.1) is 0 Å². The van der Waals surface area contributed by atoms with Crippen LogP contribution in [-0.2, 0) is 54.3 Å². The van der Waals surface area contributed by atoms with Crippen molar-refractivity contribution in [2.24, 2.45) is 35.5 Å². The topological polar surface area (TPSA) is 244 Å². The van der Waals surface area contributed by atoms with Crippen LogP contribution in [0.3, 0.4) is 0 Å². The van der Waals surface area contributed by atoms with Crippen LogP contribution in [0.2, 0.25) is 0 Å². The van der Waals surface area contributed by atoms with E-state index in [9.17, 15) is 38.7 Å². The van der Waals surface area contributed by atoms with Crippen LogP contribution in [-0.4, -0.2) is 160 Å². The zero-order valence-electron chi connectivity index (χ0n) is 48.1. The molecule has 2 aliphatic heterocycles. The van der Waals surface area contributed by atoms with Crippen molar-refractivity contribution in [2.45, 2.75) is 176 Å². The summed E-state index contributed by atoms with van der Waals surface area (Å²) in [6, 6.07) is 6.98. The molecule has 0 aromatic heterocycles. The number of carbonyl (C=O) groups is 9. The summed E-state index contributed by atoms with van der Waals surface area (Å²) in [5.41, 5.74) is 0.941. The Bertz CT molecular complexity index is 2360. The summed E-state index contributed by atoms with van der Waals surface area (Å²) >= 11 is 0. The molecule has 2 heterocycles. The van der Waals surface area contributed by atoms with Crippen LogP contribution in [0.5, 0.6) is 0 Å². The molecule has 4 rings (SSSR count). The number of amides is 8. The first-order chi connectivity index (χ1) is 36.1. The fourth-order valence-corrected chi connectivity index (χ4v) is 10.3. The maximum absolute atomic E-state index is 15.2. The average Bonchev–Trinajstić information content (AvgIpc) is 3.88. The number of aliphatic hydroxyl groups is 1. The minimum absolute atomic E-state index is 0.0727. The van der Waals surface area contributed by atoms with Crippen molar-refractivity contribution in [3.8, 4) is 0 Å². The zero-order chi connectivity index (χ0) is 57.7. The van der Waals surface area contributed by atoms with Gasteiger partial charge in [-0.3, -0.25) is 38.4 Å². The quantitative estimate of drug-likeness (QED) is 0.190.